The number of azo groups is 1. The molecule has 0 saturated carbocycles. The minimum absolute atomic E-state index is 0.137. The maximum absolute atomic E-state index is 12.2. The molecule has 166 valence electrons. The minimum Gasteiger partial charge on any atom is -0.372 e. The third-order valence-electron chi connectivity index (χ3n) is 4.79. The average Bonchev–Trinajstić information content (AvgIpc) is 2.75. The van der Waals surface area contributed by atoms with E-state index < -0.39 is 27.1 Å². The van der Waals surface area contributed by atoms with Gasteiger partial charge in [0.15, 0.2) is 5.69 Å². The van der Waals surface area contributed by atoms with Crippen molar-refractivity contribution in [3.05, 3.63) is 61.2 Å². The Balaban J connectivity index is 2.15. The van der Waals surface area contributed by atoms with Crippen molar-refractivity contribution in [1.29, 1.82) is 0 Å². The Hall–Kier alpha value is -4.35. The number of carbonyl (C=O) groups is 1. The van der Waals surface area contributed by atoms with Crippen LogP contribution in [0, 0.1) is 10.1 Å². The first kappa shape index (κ1) is 22.3. The Morgan fingerprint density at radius 3 is 2.31 bits per heavy atom. The Kier molecular flexibility index (Phi) is 6.42. The van der Waals surface area contributed by atoms with Crippen LogP contribution >= 0.6 is 0 Å². The van der Waals surface area contributed by atoms with Crippen molar-refractivity contribution < 1.29 is 9.72 Å². The lowest BCUT2D eigenvalue weighted by Crippen LogP contribution is -2.21. The molecular weight excluding hydrogens is 418 g/mol. The molecule has 0 aliphatic rings. The van der Waals surface area contributed by atoms with Gasteiger partial charge in [0.25, 0.3) is 11.1 Å². The summed E-state index contributed by atoms with van der Waals surface area (Å²) in [6.07, 6.45) is 0. The number of nitro groups is 1. The molecule has 12 nitrogen and oxygen atoms in total. The molecule has 0 saturated heterocycles. The van der Waals surface area contributed by atoms with E-state index >= 15 is 0 Å². The van der Waals surface area contributed by atoms with Crippen LogP contribution in [0.25, 0.3) is 10.8 Å². The first-order valence-corrected chi connectivity index (χ1v) is 9.77. The summed E-state index contributed by atoms with van der Waals surface area (Å²) in [6, 6.07) is 7.67. The molecule has 3 aromatic rings. The second-order valence-electron chi connectivity index (χ2n) is 6.78. The summed E-state index contributed by atoms with van der Waals surface area (Å²) in [5.74, 6) is -0.319. The summed E-state index contributed by atoms with van der Waals surface area (Å²) in [4.78, 5) is 48.7. The number of H-pyrrole nitrogens is 2. The van der Waals surface area contributed by atoms with Crippen LogP contribution in [-0.2, 0) is 4.79 Å². The fourth-order valence-corrected chi connectivity index (χ4v) is 3.30. The number of anilines is 2. The first-order chi connectivity index (χ1) is 15.3. The van der Waals surface area contributed by atoms with Crippen LogP contribution in [0.1, 0.15) is 20.8 Å². The zero-order valence-corrected chi connectivity index (χ0v) is 17.6. The molecule has 0 aliphatic heterocycles. The zero-order chi connectivity index (χ0) is 23.4. The molecule has 0 aliphatic carbocycles. The van der Waals surface area contributed by atoms with E-state index in [1.807, 2.05) is 13.8 Å². The van der Waals surface area contributed by atoms with Gasteiger partial charge in [0.1, 0.15) is 11.1 Å². The van der Waals surface area contributed by atoms with Gasteiger partial charge < -0.3 is 10.2 Å². The second-order valence-corrected chi connectivity index (χ2v) is 6.78. The van der Waals surface area contributed by atoms with E-state index in [0.717, 1.165) is 18.8 Å². The van der Waals surface area contributed by atoms with Crippen LogP contribution in [0.4, 0.5) is 28.4 Å². The van der Waals surface area contributed by atoms with Gasteiger partial charge in [0.2, 0.25) is 5.91 Å². The van der Waals surface area contributed by atoms with Crippen molar-refractivity contribution in [1.82, 2.24) is 10.2 Å². The highest BCUT2D eigenvalue weighted by atomic mass is 16.6. The van der Waals surface area contributed by atoms with E-state index in [9.17, 15) is 24.5 Å². The van der Waals surface area contributed by atoms with Gasteiger partial charge in [0.05, 0.1) is 16.0 Å². The van der Waals surface area contributed by atoms with Gasteiger partial charge in [-0.1, -0.05) is 0 Å². The van der Waals surface area contributed by atoms with E-state index in [1.54, 1.807) is 18.2 Å². The van der Waals surface area contributed by atoms with E-state index in [2.05, 4.69) is 30.6 Å². The molecule has 0 radical (unpaired) electrons. The van der Waals surface area contributed by atoms with Gasteiger partial charge in [-0.3, -0.25) is 34.7 Å². The van der Waals surface area contributed by atoms with E-state index in [4.69, 9.17) is 0 Å². The largest absolute Gasteiger partial charge is 0.372 e. The summed E-state index contributed by atoms with van der Waals surface area (Å²) in [6.45, 7) is 6.87. The van der Waals surface area contributed by atoms with Crippen molar-refractivity contribution in [2.75, 3.05) is 23.3 Å². The summed E-state index contributed by atoms with van der Waals surface area (Å²) < 4.78 is 0. The molecule has 12 heteroatoms. The quantitative estimate of drug-likeness (QED) is 0.290. The van der Waals surface area contributed by atoms with Crippen molar-refractivity contribution in [3.8, 4) is 0 Å². The molecule has 32 heavy (non-hydrogen) atoms. The Morgan fingerprint density at radius 1 is 1.06 bits per heavy atom. The topological polar surface area (TPSA) is 166 Å². The zero-order valence-electron chi connectivity index (χ0n) is 17.6. The Morgan fingerprint density at radius 2 is 1.69 bits per heavy atom. The van der Waals surface area contributed by atoms with Crippen LogP contribution in [0.3, 0.4) is 0 Å². The van der Waals surface area contributed by atoms with Gasteiger partial charge in [-0.05, 0) is 44.2 Å². The predicted molar refractivity (Wildman–Crippen MR) is 120 cm³/mol. The molecule has 3 rings (SSSR count). The van der Waals surface area contributed by atoms with Crippen LogP contribution in [0.2, 0.25) is 0 Å². The fourth-order valence-electron chi connectivity index (χ4n) is 3.30. The minimum atomic E-state index is -0.828. The number of amides is 1. The summed E-state index contributed by atoms with van der Waals surface area (Å²) in [5, 5.41) is 26.1. The number of aromatic nitrogens is 2. The van der Waals surface area contributed by atoms with Gasteiger partial charge >= 0.3 is 5.69 Å². The molecule has 1 heterocycles. The number of rotatable bonds is 7. The maximum Gasteiger partial charge on any atom is 0.310 e. The number of nitrogens with zero attached hydrogens (tertiary/aromatic N) is 4. The van der Waals surface area contributed by atoms with Crippen molar-refractivity contribution in [2.45, 2.75) is 20.8 Å². The molecule has 0 spiro atoms. The molecular formula is C20H21N7O5. The average molecular weight is 439 g/mol. The molecule has 3 N–H and O–H groups in total. The lowest BCUT2D eigenvalue weighted by molar-refractivity contribution is -0.382. The van der Waals surface area contributed by atoms with Gasteiger partial charge in [-0.2, -0.15) is 0 Å². The third-order valence-corrected chi connectivity index (χ3v) is 4.79. The van der Waals surface area contributed by atoms with E-state index in [0.29, 0.717) is 5.69 Å². The Bertz CT molecular complexity index is 1340. The van der Waals surface area contributed by atoms with E-state index in [-0.39, 0.29) is 22.7 Å². The number of hydrogen-bond acceptors (Lipinski definition) is 8. The summed E-state index contributed by atoms with van der Waals surface area (Å²) in [7, 11) is 0. The number of benzene rings is 2. The number of hydrogen-bond donors (Lipinski definition) is 3. The molecule has 1 aromatic heterocycles. The number of nitro benzene ring substituents is 1. The van der Waals surface area contributed by atoms with Crippen LogP contribution in [0.15, 0.2) is 50.1 Å². The highest BCUT2D eigenvalue weighted by Crippen LogP contribution is 2.36. The van der Waals surface area contributed by atoms with Gasteiger partial charge in [0, 0.05) is 25.7 Å². The SMILES string of the molecule is CCN(CC)c1ccc(N=Nc2ccc3c(=O)[nH][nH]c(=O)c3c2[N+](=O)[O-])c(NC(C)=O)c1. The van der Waals surface area contributed by atoms with Crippen molar-refractivity contribution in [3.63, 3.8) is 0 Å². The molecule has 0 fully saturated rings. The normalized spacial score (nSPS) is 11.1. The third kappa shape index (κ3) is 4.38. The van der Waals surface area contributed by atoms with Crippen molar-refractivity contribution >= 4 is 45.1 Å². The lowest BCUT2D eigenvalue weighted by Gasteiger charge is -2.22. The second kappa shape index (κ2) is 9.20. The number of nitrogens with one attached hydrogen (secondary N) is 3. The van der Waals surface area contributed by atoms with Gasteiger partial charge in [-0.15, -0.1) is 10.2 Å². The lowest BCUT2D eigenvalue weighted by atomic mass is 10.1. The Labute approximate surface area is 181 Å². The molecule has 0 atom stereocenters. The fraction of sp³-hybridized carbons (Fsp3) is 0.250. The molecule has 2 aromatic carbocycles. The van der Waals surface area contributed by atoms with Crippen molar-refractivity contribution in [2.24, 2.45) is 10.2 Å². The maximum atomic E-state index is 12.2. The predicted octanol–water partition coefficient (Wildman–Crippen LogP) is 3.34. The number of fused-ring (bicyclic) bond motifs is 1. The van der Waals surface area contributed by atoms with Gasteiger partial charge in [-0.25, -0.2) is 0 Å². The number of carbonyl (C=O) groups excluding carboxylic acids is 1. The summed E-state index contributed by atoms with van der Waals surface area (Å²) >= 11 is 0. The van der Waals surface area contributed by atoms with Crippen LogP contribution < -0.4 is 21.3 Å². The molecule has 0 unspecified atom stereocenters. The standard InChI is InChI=1S/C20H21N7O5/c1-4-26(5-2)12-6-8-14(16(10-12)21-11(3)28)22-23-15-9-7-13-17(18(15)27(31)32)20(30)25-24-19(13)29/h6-10H,4-5H2,1-3H3,(H,21,28)(H,24,29)(H,25,30). The highest BCUT2D eigenvalue weighted by molar-refractivity contribution is 5.95. The number of aromatic amines is 2. The van der Waals surface area contributed by atoms with Crippen LogP contribution in [0.5, 0.6) is 0 Å². The first-order valence-electron chi connectivity index (χ1n) is 9.77. The van der Waals surface area contributed by atoms with E-state index in [1.165, 1.54) is 19.1 Å². The highest BCUT2D eigenvalue weighted by Gasteiger charge is 2.23. The van der Waals surface area contributed by atoms with Crippen LogP contribution in [-0.4, -0.2) is 34.1 Å². The smallest absolute Gasteiger partial charge is 0.310 e. The molecule has 1 amide bonds. The summed E-state index contributed by atoms with van der Waals surface area (Å²) in [5.41, 5.74) is -0.842. The monoisotopic (exact) mass is 439 g/mol. The molecule has 0 bridgehead atoms.